The van der Waals surface area contributed by atoms with Crippen molar-refractivity contribution in [3.8, 4) is 33.6 Å². The van der Waals surface area contributed by atoms with Gasteiger partial charge in [-0.2, -0.15) is 0 Å². The van der Waals surface area contributed by atoms with Crippen molar-refractivity contribution in [2.75, 3.05) is 0 Å². The summed E-state index contributed by atoms with van der Waals surface area (Å²) in [6, 6.07) is 75.7. The van der Waals surface area contributed by atoms with Crippen LogP contribution in [-0.4, -0.2) is 9.13 Å². The third-order valence-corrected chi connectivity index (χ3v) is 11.9. The van der Waals surface area contributed by atoms with E-state index < -0.39 is 0 Å². The Hall–Kier alpha value is -7.42. The Bertz CT molecular complexity index is 3500. The first-order valence-corrected chi connectivity index (χ1v) is 19.4. The van der Waals surface area contributed by atoms with Crippen LogP contribution in [0.4, 0.5) is 0 Å². The molecule has 2 heteroatoms. The highest BCUT2D eigenvalue weighted by Gasteiger charge is 2.21. The van der Waals surface area contributed by atoms with Crippen LogP contribution in [0.15, 0.2) is 206 Å². The van der Waals surface area contributed by atoms with E-state index in [1.54, 1.807) is 0 Å². The fourth-order valence-electron chi connectivity index (χ4n) is 9.38. The zero-order valence-corrected chi connectivity index (χ0v) is 30.5. The van der Waals surface area contributed by atoms with Crippen molar-refractivity contribution in [3.63, 3.8) is 0 Å². The van der Waals surface area contributed by atoms with Gasteiger partial charge in [-0.25, -0.2) is 0 Å². The first-order valence-electron chi connectivity index (χ1n) is 19.4. The van der Waals surface area contributed by atoms with Gasteiger partial charge in [0.2, 0.25) is 0 Å². The third kappa shape index (κ3) is 4.50. The van der Waals surface area contributed by atoms with E-state index in [0.29, 0.717) is 0 Å². The molecule has 0 saturated carbocycles. The number of fused-ring (bicyclic) bond motifs is 13. The maximum absolute atomic E-state index is 2.50. The fourth-order valence-corrected chi connectivity index (χ4v) is 9.38. The fraction of sp³-hybridized carbons (Fsp3) is 0. The highest BCUT2D eigenvalue weighted by molar-refractivity contribution is 6.37. The summed E-state index contributed by atoms with van der Waals surface area (Å²) < 4.78 is 4.91. The molecule has 260 valence electrons. The van der Waals surface area contributed by atoms with Crippen molar-refractivity contribution in [1.29, 1.82) is 0 Å². The van der Waals surface area contributed by atoms with Gasteiger partial charge in [0.05, 0.1) is 22.1 Å². The summed E-state index contributed by atoms with van der Waals surface area (Å²) in [5, 5.41) is 12.7. The van der Waals surface area contributed by atoms with Crippen LogP contribution in [-0.2, 0) is 0 Å². The molecule has 0 aliphatic heterocycles. The molecule has 2 aromatic heterocycles. The van der Waals surface area contributed by atoms with Crippen LogP contribution in [0.3, 0.4) is 0 Å². The number of para-hydroxylation sites is 2. The summed E-state index contributed by atoms with van der Waals surface area (Å²) in [6.45, 7) is 0. The predicted molar refractivity (Wildman–Crippen MR) is 239 cm³/mol. The highest BCUT2D eigenvalue weighted by Crippen LogP contribution is 2.46. The van der Waals surface area contributed by atoms with Crippen molar-refractivity contribution in [1.82, 2.24) is 9.13 Å². The molecule has 0 radical (unpaired) electrons. The maximum atomic E-state index is 2.50. The lowest BCUT2D eigenvalue weighted by molar-refractivity contribution is 1.18. The standard InChI is InChI=1S/C54H34N2/c1-3-13-35(14-4-1)36-23-28-41(29-24-36)56-50-32-27-38(39-26-30-45-44-20-11-12-22-49(44)55(51(45)34-39)40-16-5-2-6-17-40)33-48(50)53-52-42-18-8-7-15-37(42)25-31-46(52)43-19-9-10-21-47(43)54(53)56/h1-34H. The molecule has 0 saturated heterocycles. The second-order valence-corrected chi connectivity index (χ2v) is 14.9. The van der Waals surface area contributed by atoms with Crippen molar-refractivity contribution in [2.24, 2.45) is 0 Å². The molecule has 0 N–H and O–H groups in total. The molecule has 10 aromatic carbocycles. The number of aromatic nitrogens is 2. The zero-order valence-electron chi connectivity index (χ0n) is 30.5. The van der Waals surface area contributed by atoms with Gasteiger partial charge in [-0.05, 0) is 92.3 Å². The molecule has 0 aliphatic rings. The second-order valence-electron chi connectivity index (χ2n) is 14.9. The maximum Gasteiger partial charge on any atom is 0.0626 e. The van der Waals surface area contributed by atoms with E-state index in [1.807, 2.05) is 0 Å². The minimum absolute atomic E-state index is 1.15. The summed E-state index contributed by atoms with van der Waals surface area (Å²) in [6.07, 6.45) is 0. The van der Waals surface area contributed by atoms with Crippen molar-refractivity contribution in [3.05, 3.63) is 206 Å². The molecule has 2 nitrogen and oxygen atoms in total. The Kier molecular flexibility index (Phi) is 6.66. The monoisotopic (exact) mass is 710 g/mol. The number of nitrogens with zero attached hydrogens (tertiary/aromatic N) is 2. The molecule has 12 aromatic rings. The van der Waals surface area contributed by atoms with Crippen LogP contribution in [0.2, 0.25) is 0 Å². The van der Waals surface area contributed by atoms with Gasteiger partial charge in [0.25, 0.3) is 0 Å². The summed E-state index contributed by atoms with van der Waals surface area (Å²) in [5.74, 6) is 0. The number of hydrogen-bond donors (Lipinski definition) is 0. The number of rotatable bonds is 4. The summed E-state index contributed by atoms with van der Waals surface area (Å²) in [7, 11) is 0. The van der Waals surface area contributed by atoms with Crippen LogP contribution in [0.1, 0.15) is 0 Å². The third-order valence-electron chi connectivity index (χ3n) is 11.9. The number of benzene rings is 10. The first-order chi connectivity index (χ1) is 27.8. The van der Waals surface area contributed by atoms with E-state index >= 15 is 0 Å². The summed E-state index contributed by atoms with van der Waals surface area (Å²) >= 11 is 0. The van der Waals surface area contributed by atoms with Gasteiger partial charge >= 0.3 is 0 Å². The predicted octanol–water partition coefficient (Wildman–Crippen LogP) is 14.7. The Labute approximate surface area is 323 Å². The van der Waals surface area contributed by atoms with Crippen molar-refractivity contribution < 1.29 is 0 Å². The molecule has 2 heterocycles. The summed E-state index contributed by atoms with van der Waals surface area (Å²) in [5.41, 5.74) is 12.0. The van der Waals surface area contributed by atoms with E-state index in [9.17, 15) is 0 Å². The van der Waals surface area contributed by atoms with Gasteiger partial charge in [0.15, 0.2) is 0 Å². The van der Waals surface area contributed by atoms with Gasteiger partial charge < -0.3 is 9.13 Å². The smallest absolute Gasteiger partial charge is 0.0626 e. The molecule has 56 heavy (non-hydrogen) atoms. The van der Waals surface area contributed by atoms with Gasteiger partial charge in [-0.1, -0.05) is 158 Å². The van der Waals surface area contributed by atoms with Crippen molar-refractivity contribution in [2.45, 2.75) is 0 Å². The van der Waals surface area contributed by atoms with Gasteiger partial charge in [-0.3, -0.25) is 0 Å². The Morgan fingerprint density at radius 3 is 1.62 bits per heavy atom. The van der Waals surface area contributed by atoms with Crippen LogP contribution in [0.25, 0.3) is 110 Å². The molecule has 0 amide bonds. The quantitative estimate of drug-likeness (QED) is 0.161. The lowest BCUT2D eigenvalue weighted by atomic mass is 9.92. The van der Waals surface area contributed by atoms with E-state index in [1.165, 1.54) is 98.2 Å². The van der Waals surface area contributed by atoms with E-state index in [2.05, 4.69) is 215 Å². The topological polar surface area (TPSA) is 9.86 Å². The van der Waals surface area contributed by atoms with E-state index in [0.717, 1.165) is 11.4 Å². The lowest BCUT2D eigenvalue weighted by Crippen LogP contribution is -1.95. The van der Waals surface area contributed by atoms with E-state index in [-0.39, 0.29) is 0 Å². The molecule has 0 aliphatic carbocycles. The lowest BCUT2D eigenvalue weighted by Gasteiger charge is -2.14. The van der Waals surface area contributed by atoms with Crippen molar-refractivity contribution >= 4 is 75.9 Å². The van der Waals surface area contributed by atoms with E-state index in [4.69, 9.17) is 0 Å². The van der Waals surface area contributed by atoms with Crippen LogP contribution < -0.4 is 0 Å². The Balaban J connectivity index is 1.18. The van der Waals surface area contributed by atoms with Crippen LogP contribution in [0, 0.1) is 0 Å². The molecular weight excluding hydrogens is 677 g/mol. The van der Waals surface area contributed by atoms with Crippen LogP contribution >= 0.6 is 0 Å². The largest absolute Gasteiger partial charge is 0.309 e. The van der Waals surface area contributed by atoms with Gasteiger partial charge in [0.1, 0.15) is 0 Å². The molecule has 0 fully saturated rings. The molecule has 0 atom stereocenters. The molecule has 0 spiro atoms. The summed E-state index contributed by atoms with van der Waals surface area (Å²) in [4.78, 5) is 0. The molecular formula is C54H34N2. The average molecular weight is 711 g/mol. The minimum atomic E-state index is 1.15. The molecule has 0 bridgehead atoms. The van der Waals surface area contributed by atoms with Crippen LogP contribution in [0.5, 0.6) is 0 Å². The Morgan fingerprint density at radius 2 is 0.804 bits per heavy atom. The minimum Gasteiger partial charge on any atom is -0.309 e. The molecule has 12 rings (SSSR count). The molecule has 0 unspecified atom stereocenters. The first kappa shape index (κ1) is 31.0. The normalized spacial score (nSPS) is 11.9. The SMILES string of the molecule is c1ccc(-c2ccc(-n3c4ccc(-c5ccc6c7ccccc7n(-c7ccccc7)c6c5)cc4c4c5c6ccccc6ccc5c5ccccc5c43)cc2)cc1. The Morgan fingerprint density at radius 1 is 0.250 bits per heavy atom. The number of hydrogen-bond acceptors (Lipinski definition) is 0. The average Bonchev–Trinajstić information content (AvgIpc) is 3.79. The second kappa shape index (κ2) is 12.0. The van der Waals surface area contributed by atoms with Gasteiger partial charge in [-0.15, -0.1) is 0 Å². The van der Waals surface area contributed by atoms with Gasteiger partial charge in [0, 0.05) is 43.7 Å². The zero-order chi connectivity index (χ0) is 36.7. The highest BCUT2D eigenvalue weighted by atomic mass is 15.0.